The van der Waals surface area contributed by atoms with Crippen LogP contribution in [0.15, 0.2) is 36.5 Å². The number of aromatic nitrogens is 3. The molecule has 0 aliphatic carbocycles. The van der Waals surface area contributed by atoms with Gasteiger partial charge in [-0.15, -0.1) is 5.10 Å². The number of carbonyl (C=O) groups excluding carboxylic acids is 1. The van der Waals surface area contributed by atoms with Gasteiger partial charge in [-0.05, 0) is 5.56 Å². The number of benzene rings is 1. The second-order valence-electron chi connectivity index (χ2n) is 4.14. The summed E-state index contributed by atoms with van der Waals surface area (Å²) in [5.74, 6) is -0.121. The van der Waals surface area contributed by atoms with E-state index in [9.17, 15) is 4.79 Å². The van der Waals surface area contributed by atoms with Gasteiger partial charge < -0.3 is 10.4 Å². The van der Waals surface area contributed by atoms with E-state index in [1.165, 1.54) is 4.68 Å². The molecule has 0 radical (unpaired) electrons. The Morgan fingerprint density at radius 2 is 2.11 bits per heavy atom. The minimum absolute atomic E-state index is 0.0267. The van der Waals surface area contributed by atoms with Gasteiger partial charge in [-0.1, -0.05) is 35.5 Å². The summed E-state index contributed by atoms with van der Waals surface area (Å²) in [6.07, 6.45) is 2.12. The van der Waals surface area contributed by atoms with E-state index in [4.69, 9.17) is 5.11 Å². The molecule has 1 heterocycles. The number of nitrogens with zero attached hydrogens (tertiary/aromatic N) is 3. The summed E-state index contributed by atoms with van der Waals surface area (Å²) in [5, 5.41) is 19.3. The number of aliphatic hydroxyl groups excluding tert-OH is 1. The highest BCUT2D eigenvalue weighted by Crippen LogP contribution is 1.98. The van der Waals surface area contributed by atoms with E-state index in [-0.39, 0.29) is 19.1 Å². The molecule has 0 aliphatic rings. The Balaban J connectivity index is 1.80. The minimum atomic E-state index is -0.121. The van der Waals surface area contributed by atoms with E-state index in [1.807, 2.05) is 30.3 Å². The molecule has 1 aromatic heterocycles. The van der Waals surface area contributed by atoms with E-state index in [1.54, 1.807) is 6.20 Å². The van der Waals surface area contributed by atoms with Gasteiger partial charge in [-0.2, -0.15) is 0 Å². The van der Waals surface area contributed by atoms with Crippen molar-refractivity contribution < 1.29 is 9.90 Å². The van der Waals surface area contributed by atoms with Crippen LogP contribution in [0, 0.1) is 0 Å². The summed E-state index contributed by atoms with van der Waals surface area (Å²) in [5.41, 5.74) is 1.73. The van der Waals surface area contributed by atoms with Crippen molar-refractivity contribution in [2.24, 2.45) is 0 Å². The van der Waals surface area contributed by atoms with Crippen LogP contribution in [0.1, 0.15) is 11.3 Å². The summed E-state index contributed by atoms with van der Waals surface area (Å²) in [4.78, 5) is 11.7. The van der Waals surface area contributed by atoms with Gasteiger partial charge in [0, 0.05) is 25.8 Å². The Bertz CT molecular complexity index is 524. The number of rotatable bonds is 6. The Hall–Kier alpha value is -2.21. The first kappa shape index (κ1) is 13.2. The zero-order chi connectivity index (χ0) is 13.5. The standard InChI is InChI=1S/C13H16N4O2/c18-7-6-12-9-17(16-15-12)10-13(19)14-8-11-4-2-1-3-5-11/h1-5,9,18H,6-8,10H2,(H,14,19). The zero-order valence-electron chi connectivity index (χ0n) is 10.5. The molecule has 6 nitrogen and oxygen atoms in total. The lowest BCUT2D eigenvalue weighted by Gasteiger charge is -2.04. The van der Waals surface area contributed by atoms with E-state index in [0.29, 0.717) is 18.7 Å². The van der Waals surface area contributed by atoms with Gasteiger partial charge in [-0.25, -0.2) is 4.68 Å². The summed E-state index contributed by atoms with van der Waals surface area (Å²) >= 11 is 0. The van der Waals surface area contributed by atoms with Crippen LogP contribution in [-0.4, -0.2) is 32.6 Å². The van der Waals surface area contributed by atoms with Crippen molar-refractivity contribution in [2.75, 3.05) is 6.61 Å². The molecule has 2 rings (SSSR count). The molecule has 1 aromatic carbocycles. The molecular weight excluding hydrogens is 244 g/mol. The Labute approximate surface area is 111 Å². The van der Waals surface area contributed by atoms with Crippen LogP contribution >= 0.6 is 0 Å². The molecule has 2 N–H and O–H groups in total. The number of amides is 1. The first-order valence-corrected chi connectivity index (χ1v) is 6.08. The molecule has 0 saturated heterocycles. The molecule has 0 saturated carbocycles. The van der Waals surface area contributed by atoms with E-state index >= 15 is 0 Å². The van der Waals surface area contributed by atoms with Crippen molar-refractivity contribution in [3.63, 3.8) is 0 Å². The number of carbonyl (C=O) groups is 1. The fourth-order valence-electron chi connectivity index (χ4n) is 1.64. The van der Waals surface area contributed by atoms with E-state index in [2.05, 4.69) is 15.6 Å². The first-order chi connectivity index (χ1) is 9.28. The summed E-state index contributed by atoms with van der Waals surface area (Å²) in [6, 6.07) is 9.70. The third kappa shape index (κ3) is 4.18. The number of hydrogen-bond acceptors (Lipinski definition) is 4. The van der Waals surface area contributed by atoms with E-state index in [0.717, 1.165) is 5.56 Å². The predicted molar refractivity (Wildman–Crippen MR) is 69.1 cm³/mol. The summed E-state index contributed by atoms with van der Waals surface area (Å²) in [6.45, 7) is 0.655. The highest BCUT2D eigenvalue weighted by Gasteiger charge is 2.05. The lowest BCUT2D eigenvalue weighted by molar-refractivity contribution is -0.122. The van der Waals surface area contributed by atoms with Gasteiger partial charge >= 0.3 is 0 Å². The number of aliphatic hydroxyl groups is 1. The normalized spacial score (nSPS) is 10.4. The van der Waals surface area contributed by atoms with Crippen molar-refractivity contribution in [2.45, 2.75) is 19.5 Å². The van der Waals surface area contributed by atoms with Gasteiger partial charge in [0.2, 0.25) is 5.91 Å². The fraction of sp³-hybridized carbons (Fsp3) is 0.308. The second-order valence-corrected chi connectivity index (χ2v) is 4.14. The molecule has 100 valence electrons. The fourth-order valence-corrected chi connectivity index (χ4v) is 1.64. The molecular formula is C13H16N4O2. The molecule has 0 bridgehead atoms. The van der Waals surface area contributed by atoms with Gasteiger partial charge in [0.05, 0.1) is 5.69 Å². The van der Waals surface area contributed by atoms with Crippen LogP contribution in [-0.2, 0) is 24.3 Å². The highest BCUT2D eigenvalue weighted by atomic mass is 16.3. The van der Waals surface area contributed by atoms with Crippen molar-refractivity contribution in [1.82, 2.24) is 20.3 Å². The largest absolute Gasteiger partial charge is 0.396 e. The first-order valence-electron chi connectivity index (χ1n) is 6.08. The maximum atomic E-state index is 11.7. The predicted octanol–water partition coefficient (Wildman–Crippen LogP) is 0.129. The molecule has 1 amide bonds. The number of hydrogen-bond donors (Lipinski definition) is 2. The molecule has 0 spiro atoms. The van der Waals surface area contributed by atoms with E-state index < -0.39 is 0 Å². The highest BCUT2D eigenvalue weighted by molar-refractivity contribution is 5.75. The van der Waals surface area contributed by atoms with Gasteiger partial charge in [0.15, 0.2) is 0 Å². The Morgan fingerprint density at radius 3 is 2.84 bits per heavy atom. The summed E-state index contributed by atoms with van der Waals surface area (Å²) < 4.78 is 1.46. The third-order valence-electron chi connectivity index (χ3n) is 2.59. The van der Waals surface area contributed by atoms with Crippen LogP contribution < -0.4 is 5.32 Å². The molecule has 2 aromatic rings. The summed E-state index contributed by atoms with van der Waals surface area (Å²) in [7, 11) is 0. The van der Waals surface area contributed by atoms with Gasteiger partial charge in [0.1, 0.15) is 6.54 Å². The van der Waals surface area contributed by atoms with Crippen molar-refractivity contribution >= 4 is 5.91 Å². The molecule has 19 heavy (non-hydrogen) atoms. The minimum Gasteiger partial charge on any atom is -0.396 e. The van der Waals surface area contributed by atoms with Crippen LogP contribution in [0.2, 0.25) is 0 Å². The Kier molecular flexibility index (Phi) is 4.63. The SMILES string of the molecule is O=C(Cn1cc(CCO)nn1)NCc1ccccc1. The monoisotopic (exact) mass is 260 g/mol. The van der Waals surface area contributed by atoms with Crippen molar-refractivity contribution in [1.29, 1.82) is 0 Å². The van der Waals surface area contributed by atoms with Crippen LogP contribution in [0.5, 0.6) is 0 Å². The smallest absolute Gasteiger partial charge is 0.242 e. The molecule has 0 atom stereocenters. The van der Waals surface area contributed by atoms with Gasteiger partial charge in [-0.3, -0.25) is 4.79 Å². The average Bonchev–Trinajstić information content (AvgIpc) is 2.85. The van der Waals surface area contributed by atoms with Gasteiger partial charge in [0.25, 0.3) is 0 Å². The Morgan fingerprint density at radius 1 is 1.32 bits per heavy atom. The third-order valence-corrected chi connectivity index (χ3v) is 2.59. The lowest BCUT2D eigenvalue weighted by Crippen LogP contribution is -2.27. The zero-order valence-corrected chi connectivity index (χ0v) is 10.5. The second kappa shape index (κ2) is 6.65. The quantitative estimate of drug-likeness (QED) is 0.773. The molecule has 0 aliphatic heterocycles. The molecule has 0 unspecified atom stereocenters. The van der Waals surface area contributed by atoms with Crippen LogP contribution in [0.4, 0.5) is 0 Å². The maximum absolute atomic E-state index is 11.7. The average molecular weight is 260 g/mol. The molecule has 6 heteroatoms. The molecule has 0 fully saturated rings. The van der Waals surface area contributed by atoms with Crippen LogP contribution in [0.25, 0.3) is 0 Å². The maximum Gasteiger partial charge on any atom is 0.242 e. The van der Waals surface area contributed by atoms with Crippen molar-refractivity contribution in [3.8, 4) is 0 Å². The van der Waals surface area contributed by atoms with Crippen molar-refractivity contribution in [3.05, 3.63) is 47.8 Å². The number of nitrogens with one attached hydrogen (secondary N) is 1. The van der Waals surface area contributed by atoms with Crippen LogP contribution in [0.3, 0.4) is 0 Å². The lowest BCUT2D eigenvalue weighted by atomic mass is 10.2. The topological polar surface area (TPSA) is 80.0 Å².